The maximum atomic E-state index is 13.1. The van der Waals surface area contributed by atoms with Gasteiger partial charge in [-0.15, -0.1) is 0 Å². The number of ether oxygens (including phenoxy) is 1. The molecule has 2 atom stereocenters. The van der Waals surface area contributed by atoms with Crippen molar-refractivity contribution in [1.29, 1.82) is 5.26 Å². The van der Waals surface area contributed by atoms with Crippen LogP contribution in [0.1, 0.15) is 35.5 Å². The number of imidazole rings is 1. The van der Waals surface area contributed by atoms with Crippen LogP contribution in [0.3, 0.4) is 0 Å². The fraction of sp³-hybridized carbons (Fsp3) is 0.238. The molecule has 1 saturated heterocycles. The number of carbonyl (C=O) groups is 1. The number of likely N-dealkylation sites (tertiary alicyclic amines) is 1. The Labute approximate surface area is 175 Å². The van der Waals surface area contributed by atoms with Crippen LogP contribution >= 0.6 is 0 Å². The highest BCUT2D eigenvalue weighted by molar-refractivity contribution is 5.72. The first-order valence-corrected chi connectivity index (χ1v) is 9.56. The maximum absolute atomic E-state index is 13.1. The minimum atomic E-state index is -0.638. The summed E-state index contributed by atoms with van der Waals surface area (Å²) in [6.07, 6.45) is 1.20. The topological polar surface area (TPSA) is 113 Å². The van der Waals surface area contributed by atoms with Crippen molar-refractivity contribution < 1.29 is 19.0 Å². The van der Waals surface area contributed by atoms with Crippen LogP contribution in [0.2, 0.25) is 0 Å². The maximum Gasteiger partial charge on any atom is 0.415 e. The molecular formula is C21H16FN5O4. The molecule has 2 bridgehead atoms. The van der Waals surface area contributed by atoms with Gasteiger partial charge in [0.15, 0.2) is 0 Å². The molecule has 0 unspecified atom stereocenters. The van der Waals surface area contributed by atoms with Gasteiger partial charge in [0.1, 0.15) is 29.0 Å². The van der Waals surface area contributed by atoms with Crippen LogP contribution in [0.15, 0.2) is 41.3 Å². The summed E-state index contributed by atoms with van der Waals surface area (Å²) in [6, 6.07) is 7.82. The normalized spacial score (nSPS) is 18.7. The zero-order valence-corrected chi connectivity index (χ0v) is 16.3. The molecule has 1 amide bonds. The van der Waals surface area contributed by atoms with Crippen molar-refractivity contribution in [3.63, 3.8) is 0 Å². The number of nitrogens with zero attached hydrogens (tertiary/aromatic N) is 5. The van der Waals surface area contributed by atoms with E-state index >= 15 is 0 Å². The predicted octanol–water partition coefficient (Wildman–Crippen LogP) is 2.56. The summed E-state index contributed by atoms with van der Waals surface area (Å²) >= 11 is 0. The third-order valence-corrected chi connectivity index (χ3v) is 5.74. The SMILES string of the molecule is Cc1cc(-n2c(O)c3n(c2=O)[C@H]2C[C@@H]3N(C(=O)Oc3ccc(F)cc3)C2)cnc1C#N. The number of amides is 1. The van der Waals surface area contributed by atoms with Gasteiger partial charge < -0.3 is 9.84 Å². The lowest BCUT2D eigenvalue weighted by Gasteiger charge is -2.26. The number of aromatic hydroxyl groups is 1. The van der Waals surface area contributed by atoms with Crippen LogP contribution in [-0.4, -0.2) is 36.8 Å². The molecule has 0 saturated carbocycles. The molecule has 1 aromatic carbocycles. The van der Waals surface area contributed by atoms with Gasteiger partial charge in [-0.1, -0.05) is 0 Å². The van der Waals surface area contributed by atoms with E-state index in [9.17, 15) is 19.1 Å². The molecule has 0 radical (unpaired) electrons. The summed E-state index contributed by atoms with van der Waals surface area (Å²) in [7, 11) is 0. The minimum Gasteiger partial charge on any atom is -0.493 e. The number of pyridine rings is 1. The second kappa shape index (κ2) is 6.70. The largest absolute Gasteiger partial charge is 0.493 e. The lowest BCUT2D eigenvalue weighted by Crippen LogP contribution is -2.39. The van der Waals surface area contributed by atoms with Crippen LogP contribution in [0.4, 0.5) is 9.18 Å². The standard InChI is InChI=1S/C21H16FN5O4/c1-11-6-13(9-24-16(11)8-23)27-19(28)18-17-7-14(26(18)20(27)29)10-25(17)21(30)31-15-4-2-12(22)3-5-15/h2-6,9,14,17,28H,7,10H2,1H3/t14-,17-/m0/s1. The number of hydrogen-bond acceptors (Lipinski definition) is 6. The molecule has 31 heavy (non-hydrogen) atoms. The summed E-state index contributed by atoms with van der Waals surface area (Å²) in [5.74, 6) is -0.516. The molecule has 10 heteroatoms. The molecule has 5 rings (SSSR count). The second-order valence-electron chi connectivity index (χ2n) is 7.55. The van der Waals surface area contributed by atoms with Crippen molar-refractivity contribution in [3.8, 4) is 23.4 Å². The van der Waals surface area contributed by atoms with E-state index in [4.69, 9.17) is 10.00 Å². The van der Waals surface area contributed by atoms with Crippen molar-refractivity contribution in [3.05, 3.63) is 69.8 Å². The molecule has 9 nitrogen and oxygen atoms in total. The van der Waals surface area contributed by atoms with Gasteiger partial charge in [-0.05, 0) is 49.2 Å². The van der Waals surface area contributed by atoms with Crippen LogP contribution < -0.4 is 10.4 Å². The monoisotopic (exact) mass is 421 g/mol. The lowest BCUT2D eigenvalue weighted by atomic mass is 10.2. The van der Waals surface area contributed by atoms with E-state index in [2.05, 4.69) is 4.98 Å². The van der Waals surface area contributed by atoms with Gasteiger partial charge in [-0.25, -0.2) is 23.5 Å². The molecule has 2 aliphatic rings. The van der Waals surface area contributed by atoms with Crippen LogP contribution in [0.5, 0.6) is 11.6 Å². The van der Waals surface area contributed by atoms with E-state index in [1.54, 1.807) is 13.0 Å². The van der Waals surface area contributed by atoms with Gasteiger partial charge in [0, 0.05) is 6.54 Å². The quantitative estimate of drug-likeness (QED) is 0.680. The number of carbonyl (C=O) groups excluding carboxylic acids is 1. The molecule has 1 fully saturated rings. The Bertz CT molecular complexity index is 1320. The Kier molecular flexibility index (Phi) is 4.08. The summed E-state index contributed by atoms with van der Waals surface area (Å²) in [4.78, 5) is 31.2. The van der Waals surface area contributed by atoms with Gasteiger partial charge in [0.2, 0.25) is 5.88 Å². The first kappa shape index (κ1) is 18.9. The Morgan fingerprint density at radius 2 is 2.10 bits per heavy atom. The van der Waals surface area contributed by atoms with Gasteiger partial charge >= 0.3 is 11.8 Å². The average Bonchev–Trinajstić information content (AvgIpc) is 3.41. The summed E-state index contributed by atoms with van der Waals surface area (Å²) < 4.78 is 21.0. The number of nitriles is 1. The Hall–Kier alpha value is -4.13. The number of hydrogen-bond donors (Lipinski definition) is 1. The number of halogens is 1. The van der Waals surface area contributed by atoms with E-state index in [0.29, 0.717) is 23.4 Å². The fourth-order valence-corrected chi connectivity index (χ4v) is 4.34. The number of aryl methyl sites for hydroxylation is 1. The number of aromatic nitrogens is 3. The fourth-order valence-electron chi connectivity index (χ4n) is 4.34. The average molecular weight is 421 g/mol. The van der Waals surface area contributed by atoms with Crippen molar-refractivity contribution in [2.45, 2.75) is 25.4 Å². The zero-order chi connectivity index (χ0) is 21.9. The van der Waals surface area contributed by atoms with Crippen molar-refractivity contribution in [2.75, 3.05) is 6.54 Å². The van der Waals surface area contributed by atoms with E-state index < -0.39 is 23.6 Å². The molecule has 0 aliphatic carbocycles. The van der Waals surface area contributed by atoms with Gasteiger partial charge in [-0.2, -0.15) is 5.26 Å². The van der Waals surface area contributed by atoms with Crippen molar-refractivity contribution in [2.24, 2.45) is 0 Å². The van der Waals surface area contributed by atoms with E-state index in [0.717, 1.165) is 4.57 Å². The smallest absolute Gasteiger partial charge is 0.415 e. The third kappa shape index (κ3) is 2.78. The Morgan fingerprint density at radius 3 is 2.77 bits per heavy atom. The van der Waals surface area contributed by atoms with E-state index in [1.165, 1.54) is 39.9 Å². The third-order valence-electron chi connectivity index (χ3n) is 5.74. The van der Waals surface area contributed by atoms with Crippen LogP contribution in [0, 0.1) is 24.1 Å². The molecule has 4 heterocycles. The van der Waals surface area contributed by atoms with Crippen LogP contribution in [0.25, 0.3) is 5.69 Å². The number of benzene rings is 1. The van der Waals surface area contributed by atoms with Crippen LogP contribution in [-0.2, 0) is 0 Å². The van der Waals surface area contributed by atoms with Crippen molar-refractivity contribution >= 4 is 6.09 Å². The molecule has 156 valence electrons. The lowest BCUT2D eigenvalue weighted by molar-refractivity contribution is 0.140. The van der Waals surface area contributed by atoms with Gasteiger partial charge in [0.25, 0.3) is 0 Å². The first-order chi connectivity index (χ1) is 14.9. The molecule has 3 aromatic rings. The van der Waals surface area contributed by atoms with Gasteiger partial charge in [0.05, 0.1) is 24.0 Å². The predicted molar refractivity (Wildman–Crippen MR) is 104 cm³/mol. The zero-order valence-electron chi connectivity index (χ0n) is 16.3. The van der Waals surface area contributed by atoms with Gasteiger partial charge in [-0.3, -0.25) is 9.47 Å². The Balaban J connectivity index is 1.48. The highest BCUT2D eigenvalue weighted by Gasteiger charge is 2.49. The number of fused-ring (bicyclic) bond motifs is 5. The molecule has 1 N–H and O–H groups in total. The summed E-state index contributed by atoms with van der Waals surface area (Å²) in [6.45, 7) is 1.95. The van der Waals surface area contributed by atoms with Crippen molar-refractivity contribution in [1.82, 2.24) is 19.0 Å². The molecule has 0 spiro atoms. The highest BCUT2D eigenvalue weighted by atomic mass is 19.1. The molecular weight excluding hydrogens is 405 g/mol. The van der Waals surface area contributed by atoms with E-state index in [1.807, 2.05) is 6.07 Å². The van der Waals surface area contributed by atoms with E-state index in [-0.39, 0.29) is 29.9 Å². The Morgan fingerprint density at radius 1 is 1.35 bits per heavy atom. The molecule has 2 aliphatic heterocycles. The summed E-state index contributed by atoms with van der Waals surface area (Å²) in [5, 5.41) is 19.9. The second-order valence-corrected chi connectivity index (χ2v) is 7.55. The first-order valence-electron chi connectivity index (χ1n) is 9.56. The highest BCUT2D eigenvalue weighted by Crippen LogP contribution is 2.48. The summed E-state index contributed by atoms with van der Waals surface area (Å²) in [5.41, 5.74) is 1.04. The minimum absolute atomic E-state index is 0.201. The number of rotatable bonds is 2. The molecule has 2 aromatic heterocycles.